The Morgan fingerprint density at radius 1 is 0.885 bits per heavy atom. The Balaban J connectivity index is 1.23. The Morgan fingerprint density at radius 3 is 2.19 bits per heavy atom. The van der Waals surface area contributed by atoms with Crippen LogP contribution in [0.4, 0.5) is 14.7 Å². The second kappa shape index (κ2) is 19.9. The number of nitrogens with zero attached hydrogens (tertiary/aromatic N) is 3. The number of ether oxygens (including phenoxy) is 3. The van der Waals surface area contributed by atoms with Crippen LogP contribution in [-0.2, 0) is 45.1 Å². The number of amides is 3. The van der Waals surface area contributed by atoms with Crippen LogP contribution in [-0.4, -0.2) is 83.7 Å². The van der Waals surface area contributed by atoms with E-state index in [0.717, 1.165) is 34.2 Å². The predicted octanol–water partition coefficient (Wildman–Crippen LogP) is 4.70. The van der Waals surface area contributed by atoms with Gasteiger partial charge in [-0.25, -0.2) is 14.6 Å². The number of anilines is 1. The summed E-state index contributed by atoms with van der Waals surface area (Å²) in [4.78, 5) is 51.2. The van der Waals surface area contributed by atoms with Crippen LogP contribution in [0, 0.1) is 5.92 Å². The minimum atomic E-state index is -1.08. The topological polar surface area (TPSA) is 164 Å². The van der Waals surface area contributed by atoms with Gasteiger partial charge in [-0.1, -0.05) is 74.5 Å². The highest BCUT2D eigenvalue weighted by atomic mass is 32.1. The van der Waals surface area contributed by atoms with Crippen LogP contribution in [0.25, 0.3) is 0 Å². The van der Waals surface area contributed by atoms with Gasteiger partial charge in [-0.15, -0.1) is 22.7 Å². The zero-order chi connectivity index (χ0) is 36.7. The Bertz CT molecular complexity index is 1670. The third-order valence-corrected chi connectivity index (χ3v) is 10.2. The summed E-state index contributed by atoms with van der Waals surface area (Å²) >= 11 is 2.86. The Kier molecular flexibility index (Phi) is 14.8. The van der Waals surface area contributed by atoms with E-state index in [1.54, 1.807) is 11.7 Å². The molecule has 2 aromatic carbocycles. The molecule has 15 heteroatoms. The number of carbonyl (C=O) groups excluding carboxylic acids is 3. The van der Waals surface area contributed by atoms with E-state index in [2.05, 4.69) is 30.8 Å². The summed E-state index contributed by atoms with van der Waals surface area (Å²) in [5.74, 6) is -0.762. The van der Waals surface area contributed by atoms with E-state index in [1.165, 1.54) is 22.7 Å². The summed E-state index contributed by atoms with van der Waals surface area (Å²) in [7, 11) is 0. The number of nitrogens with one attached hydrogen (secondary N) is 3. The number of hydrogen-bond acceptors (Lipinski definition) is 12. The first-order valence-corrected chi connectivity index (χ1v) is 19.1. The van der Waals surface area contributed by atoms with Gasteiger partial charge in [0, 0.05) is 30.7 Å². The molecule has 4 N–H and O–H groups in total. The van der Waals surface area contributed by atoms with E-state index in [4.69, 9.17) is 14.2 Å². The van der Waals surface area contributed by atoms with Crippen molar-refractivity contribution in [1.82, 2.24) is 25.9 Å². The largest absolute Gasteiger partial charge is 0.444 e. The molecule has 3 amide bonds. The van der Waals surface area contributed by atoms with Gasteiger partial charge in [-0.2, -0.15) is 0 Å². The van der Waals surface area contributed by atoms with Crippen LogP contribution < -0.4 is 20.9 Å². The Hall–Kier alpha value is -4.57. The van der Waals surface area contributed by atoms with Gasteiger partial charge in [-0.3, -0.25) is 9.78 Å². The van der Waals surface area contributed by atoms with Crippen molar-refractivity contribution in [2.24, 2.45) is 5.92 Å². The maximum Gasteiger partial charge on any atom is 0.408 e. The van der Waals surface area contributed by atoms with Gasteiger partial charge in [0.15, 0.2) is 5.13 Å². The van der Waals surface area contributed by atoms with Crippen molar-refractivity contribution < 1.29 is 33.7 Å². The number of rotatable bonds is 17. The number of thiazole rings is 2. The molecule has 4 atom stereocenters. The standard InChI is InChI=1S/C37H46N6O7S2/c1-25(2)33(42-37(47)49-21-29-23-51-35(39-29)43-13-15-48-16-14-43)34(45)41-31(18-27-11-7-4-8-12-27)32(44)19-28(17-26-9-5-3-6-10-26)40-36(46)50-22-30-20-38-24-52-30/h3-12,20,23-25,28,31-33,44H,13-19,21-22H2,1-2H3,(H,40,46)(H,41,45)(H,42,47)/t28-,31-,32-,33-/m0/s1. The van der Waals surface area contributed by atoms with Crippen LogP contribution in [0.15, 0.2) is 77.8 Å². The van der Waals surface area contributed by atoms with Crippen LogP contribution in [0.2, 0.25) is 0 Å². The van der Waals surface area contributed by atoms with Crippen LogP contribution in [0.3, 0.4) is 0 Å². The maximum atomic E-state index is 13.8. The van der Waals surface area contributed by atoms with E-state index in [0.29, 0.717) is 31.7 Å². The first-order chi connectivity index (χ1) is 25.2. The van der Waals surface area contributed by atoms with Gasteiger partial charge in [-0.05, 0) is 36.3 Å². The lowest BCUT2D eigenvalue weighted by Crippen LogP contribution is -2.56. The quantitative estimate of drug-likeness (QED) is 0.119. The Labute approximate surface area is 311 Å². The summed E-state index contributed by atoms with van der Waals surface area (Å²) in [6, 6.07) is 16.9. The minimum absolute atomic E-state index is 0.0447. The van der Waals surface area contributed by atoms with Gasteiger partial charge in [0.1, 0.15) is 19.3 Å². The van der Waals surface area contributed by atoms with Crippen LogP contribution in [0.5, 0.6) is 0 Å². The summed E-state index contributed by atoms with van der Waals surface area (Å²) in [5.41, 5.74) is 4.14. The van der Waals surface area contributed by atoms with Crippen molar-refractivity contribution in [3.05, 3.63) is 99.4 Å². The van der Waals surface area contributed by atoms with E-state index in [-0.39, 0.29) is 25.6 Å². The molecule has 1 fully saturated rings. The van der Waals surface area contributed by atoms with Crippen molar-refractivity contribution in [3.8, 4) is 0 Å². The van der Waals surface area contributed by atoms with Crippen molar-refractivity contribution in [3.63, 3.8) is 0 Å². The van der Waals surface area contributed by atoms with E-state index >= 15 is 0 Å². The number of morpholine rings is 1. The molecular formula is C37H46N6O7S2. The third kappa shape index (κ3) is 12.3. The average Bonchev–Trinajstić information content (AvgIpc) is 3.86. The maximum absolute atomic E-state index is 13.8. The summed E-state index contributed by atoms with van der Waals surface area (Å²) in [6.07, 6.45) is 0.0407. The Morgan fingerprint density at radius 2 is 1.54 bits per heavy atom. The minimum Gasteiger partial charge on any atom is -0.444 e. The van der Waals surface area contributed by atoms with Crippen molar-refractivity contribution >= 4 is 45.9 Å². The van der Waals surface area contributed by atoms with Crippen LogP contribution >= 0.6 is 22.7 Å². The monoisotopic (exact) mass is 750 g/mol. The fraction of sp³-hybridized carbons (Fsp3) is 0.432. The smallest absolute Gasteiger partial charge is 0.408 e. The first kappa shape index (κ1) is 38.7. The highest BCUT2D eigenvalue weighted by Crippen LogP contribution is 2.22. The first-order valence-electron chi connectivity index (χ1n) is 17.3. The van der Waals surface area contributed by atoms with Crippen molar-refractivity contribution in [2.45, 2.75) is 70.6 Å². The third-order valence-electron chi connectivity index (χ3n) is 8.49. The van der Waals surface area contributed by atoms with E-state index in [9.17, 15) is 19.5 Å². The molecule has 52 heavy (non-hydrogen) atoms. The molecule has 1 aliphatic heterocycles. The highest BCUT2D eigenvalue weighted by Gasteiger charge is 2.31. The van der Waals surface area contributed by atoms with Crippen LogP contribution in [0.1, 0.15) is 42.0 Å². The number of aliphatic hydroxyl groups is 1. The predicted molar refractivity (Wildman–Crippen MR) is 199 cm³/mol. The lowest BCUT2D eigenvalue weighted by molar-refractivity contribution is -0.125. The van der Waals surface area contributed by atoms with Gasteiger partial charge >= 0.3 is 12.2 Å². The lowest BCUT2D eigenvalue weighted by atomic mass is 9.93. The molecule has 1 aliphatic rings. The molecular weight excluding hydrogens is 705 g/mol. The number of hydrogen-bond donors (Lipinski definition) is 4. The highest BCUT2D eigenvalue weighted by molar-refractivity contribution is 7.13. The SMILES string of the molecule is CC(C)[C@H](NC(=O)OCc1csc(N2CCOCC2)n1)C(=O)N[C@@H](Cc1ccccc1)[C@@H](O)C[C@H](Cc1ccccc1)NC(=O)OCc1cncs1. The van der Waals surface area contributed by atoms with E-state index < -0.39 is 42.3 Å². The van der Waals surface area contributed by atoms with Gasteiger partial charge in [0.2, 0.25) is 5.91 Å². The molecule has 5 rings (SSSR count). The second-order valence-corrected chi connectivity index (χ2v) is 14.7. The second-order valence-electron chi connectivity index (χ2n) is 12.8. The average molecular weight is 751 g/mol. The fourth-order valence-corrected chi connectivity index (χ4v) is 7.11. The number of aromatic nitrogens is 2. The number of alkyl carbamates (subject to hydrolysis) is 2. The zero-order valence-corrected chi connectivity index (χ0v) is 30.9. The molecule has 0 saturated carbocycles. The zero-order valence-electron chi connectivity index (χ0n) is 29.3. The van der Waals surface area contributed by atoms with Gasteiger partial charge < -0.3 is 40.2 Å². The van der Waals surface area contributed by atoms with Crippen molar-refractivity contribution in [1.29, 1.82) is 0 Å². The van der Waals surface area contributed by atoms with Gasteiger partial charge in [0.05, 0.1) is 41.4 Å². The molecule has 1 saturated heterocycles. The molecule has 278 valence electrons. The number of aliphatic hydroxyl groups excluding tert-OH is 1. The molecule has 0 unspecified atom stereocenters. The molecule has 13 nitrogen and oxygen atoms in total. The molecule has 4 aromatic rings. The van der Waals surface area contributed by atoms with E-state index in [1.807, 2.05) is 79.9 Å². The lowest BCUT2D eigenvalue weighted by Gasteiger charge is -2.30. The summed E-state index contributed by atoms with van der Waals surface area (Å²) in [6.45, 7) is 6.47. The normalized spacial score (nSPS) is 15.3. The molecule has 0 spiro atoms. The molecule has 0 bridgehead atoms. The number of benzene rings is 2. The fourth-order valence-electron chi connectivity index (χ4n) is 5.74. The molecule has 2 aromatic heterocycles. The number of carbonyl (C=O) groups is 3. The summed E-state index contributed by atoms with van der Waals surface area (Å²) < 4.78 is 16.3. The summed E-state index contributed by atoms with van der Waals surface area (Å²) in [5, 5.41) is 23.0. The van der Waals surface area contributed by atoms with Gasteiger partial charge in [0.25, 0.3) is 0 Å². The molecule has 0 aliphatic carbocycles. The molecule has 0 radical (unpaired) electrons. The van der Waals surface area contributed by atoms with Crippen molar-refractivity contribution in [2.75, 3.05) is 31.2 Å². The molecule has 3 heterocycles.